The van der Waals surface area contributed by atoms with Gasteiger partial charge in [-0.2, -0.15) is 0 Å². The summed E-state index contributed by atoms with van der Waals surface area (Å²) in [6.45, 7) is 5.73. The number of hydrogen-bond donors (Lipinski definition) is 1. The van der Waals surface area contributed by atoms with Crippen molar-refractivity contribution in [3.63, 3.8) is 0 Å². The minimum atomic E-state index is -0.485. The highest BCUT2D eigenvalue weighted by atomic mass is 16.3. The van der Waals surface area contributed by atoms with Gasteiger partial charge in [0, 0.05) is 19.3 Å². The first-order valence-corrected chi connectivity index (χ1v) is 5.47. The lowest BCUT2D eigenvalue weighted by atomic mass is 9.94. The maximum absolute atomic E-state index is 9.84. The molecule has 1 aliphatic heterocycles. The maximum Gasteiger partial charge on any atom is 0.128 e. The molecule has 2 heterocycles. The Labute approximate surface area is 90.8 Å². The molecule has 1 N–H and O–H groups in total. The molecule has 2 rings (SSSR count). The zero-order valence-electron chi connectivity index (χ0n) is 9.40. The van der Waals surface area contributed by atoms with Crippen molar-refractivity contribution >= 4 is 5.82 Å². The number of aryl methyl sites for hydroxylation is 1. The molecule has 15 heavy (non-hydrogen) atoms. The number of nitrogens with zero attached hydrogens (tertiary/aromatic N) is 2. The molecule has 1 saturated heterocycles. The standard InChI is InChI=1S/C12H18N2O/c1-10-3-4-11(13-9-10)14-7-5-12(2,15)6-8-14/h3-4,9,15H,5-8H2,1-2H3. The van der Waals surface area contributed by atoms with Crippen LogP contribution in [0.4, 0.5) is 5.82 Å². The lowest BCUT2D eigenvalue weighted by Crippen LogP contribution is -2.42. The number of aromatic nitrogens is 1. The second-order valence-corrected chi connectivity index (χ2v) is 4.68. The van der Waals surface area contributed by atoms with E-state index in [4.69, 9.17) is 0 Å². The second-order valence-electron chi connectivity index (χ2n) is 4.68. The molecule has 82 valence electrons. The SMILES string of the molecule is Cc1ccc(N2CCC(C)(O)CC2)nc1. The van der Waals surface area contributed by atoms with Crippen molar-refractivity contribution in [1.29, 1.82) is 0 Å². The molecule has 0 bridgehead atoms. The zero-order chi connectivity index (χ0) is 10.9. The third-order valence-electron chi connectivity index (χ3n) is 3.06. The summed E-state index contributed by atoms with van der Waals surface area (Å²) in [7, 11) is 0. The minimum absolute atomic E-state index is 0.485. The topological polar surface area (TPSA) is 36.4 Å². The fourth-order valence-corrected chi connectivity index (χ4v) is 1.86. The summed E-state index contributed by atoms with van der Waals surface area (Å²) in [4.78, 5) is 6.63. The highest BCUT2D eigenvalue weighted by molar-refractivity contribution is 5.39. The monoisotopic (exact) mass is 206 g/mol. The molecule has 0 radical (unpaired) electrons. The summed E-state index contributed by atoms with van der Waals surface area (Å²) in [5, 5.41) is 9.84. The van der Waals surface area contributed by atoms with Crippen LogP contribution in [0.15, 0.2) is 18.3 Å². The summed E-state index contributed by atoms with van der Waals surface area (Å²) in [6.07, 6.45) is 3.53. The number of aliphatic hydroxyl groups is 1. The molecule has 1 fully saturated rings. The Morgan fingerprint density at radius 3 is 2.53 bits per heavy atom. The Bertz CT molecular complexity index is 322. The highest BCUT2D eigenvalue weighted by Gasteiger charge is 2.27. The molecule has 0 saturated carbocycles. The Morgan fingerprint density at radius 2 is 2.00 bits per heavy atom. The third-order valence-corrected chi connectivity index (χ3v) is 3.06. The van der Waals surface area contributed by atoms with E-state index < -0.39 is 5.60 Å². The van der Waals surface area contributed by atoms with Crippen molar-refractivity contribution in [3.05, 3.63) is 23.9 Å². The van der Waals surface area contributed by atoms with Crippen molar-refractivity contribution in [2.24, 2.45) is 0 Å². The van der Waals surface area contributed by atoms with E-state index in [-0.39, 0.29) is 0 Å². The third kappa shape index (κ3) is 2.48. The van der Waals surface area contributed by atoms with Crippen LogP contribution in [-0.4, -0.2) is 28.8 Å². The van der Waals surface area contributed by atoms with Crippen molar-refractivity contribution in [2.45, 2.75) is 32.3 Å². The normalized spacial score (nSPS) is 20.3. The van der Waals surface area contributed by atoms with Gasteiger partial charge in [-0.05, 0) is 38.3 Å². The molecule has 0 unspecified atom stereocenters. The summed E-state index contributed by atoms with van der Waals surface area (Å²) < 4.78 is 0. The molecule has 1 aromatic rings. The van der Waals surface area contributed by atoms with Crippen LogP contribution in [0.5, 0.6) is 0 Å². The Kier molecular flexibility index (Phi) is 2.65. The van der Waals surface area contributed by atoms with Gasteiger partial charge in [-0.1, -0.05) is 6.07 Å². The molecule has 3 nitrogen and oxygen atoms in total. The summed E-state index contributed by atoms with van der Waals surface area (Å²) in [6, 6.07) is 4.13. The van der Waals surface area contributed by atoms with Gasteiger partial charge in [0.15, 0.2) is 0 Å². The van der Waals surface area contributed by atoms with Gasteiger partial charge >= 0.3 is 0 Å². The van der Waals surface area contributed by atoms with Gasteiger partial charge in [0.05, 0.1) is 5.60 Å². The van der Waals surface area contributed by atoms with Gasteiger partial charge in [-0.15, -0.1) is 0 Å². The summed E-state index contributed by atoms with van der Waals surface area (Å²) in [5.74, 6) is 1.02. The average Bonchev–Trinajstić information content (AvgIpc) is 2.20. The predicted octanol–water partition coefficient (Wildman–Crippen LogP) is 1.74. The summed E-state index contributed by atoms with van der Waals surface area (Å²) >= 11 is 0. The number of rotatable bonds is 1. The molecule has 0 atom stereocenters. The lowest BCUT2D eigenvalue weighted by molar-refractivity contribution is 0.0350. The van der Waals surface area contributed by atoms with E-state index in [0.29, 0.717) is 0 Å². The molecule has 3 heteroatoms. The molecular weight excluding hydrogens is 188 g/mol. The van der Waals surface area contributed by atoms with E-state index >= 15 is 0 Å². The van der Waals surface area contributed by atoms with Crippen molar-refractivity contribution in [3.8, 4) is 0 Å². The Balaban J connectivity index is 2.04. The fraction of sp³-hybridized carbons (Fsp3) is 0.583. The second kappa shape index (κ2) is 3.81. The van der Waals surface area contributed by atoms with E-state index in [1.165, 1.54) is 5.56 Å². The Hall–Kier alpha value is -1.09. The van der Waals surface area contributed by atoms with Gasteiger partial charge in [0.2, 0.25) is 0 Å². The van der Waals surface area contributed by atoms with Gasteiger partial charge in [-0.3, -0.25) is 0 Å². The molecule has 1 aliphatic rings. The largest absolute Gasteiger partial charge is 0.390 e. The van der Waals surface area contributed by atoms with Crippen LogP contribution < -0.4 is 4.90 Å². The number of pyridine rings is 1. The van der Waals surface area contributed by atoms with Gasteiger partial charge < -0.3 is 10.0 Å². The number of anilines is 1. The van der Waals surface area contributed by atoms with Crippen molar-refractivity contribution < 1.29 is 5.11 Å². The molecule has 1 aromatic heterocycles. The number of piperidine rings is 1. The van der Waals surface area contributed by atoms with Crippen LogP contribution in [-0.2, 0) is 0 Å². The first-order valence-electron chi connectivity index (χ1n) is 5.47. The molecule has 0 aromatic carbocycles. The first kappa shape index (κ1) is 10.4. The Morgan fingerprint density at radius 1 is 1.33 bits per heavy atom. The molecular formula is C12H18N2O. The minimum Gasteiger partial charge on any atom is -0.390 e. The molecule has 0 spiro atoms. The zero-order valence-corrected chi connectivity index (χ0v) is 9.40. The van der Waals surface area contributed by atoms with Crippen LogP contribution in [0.25, 0.3) is 0 Å². The van der Waals surface area contributed by atoms with E-state index in [9.17, 15) is 5.11 Å². The van der Waals surface area contributed by atoms with Gasteiger partial charge in [0.25, 0.3) is 0 Å². The average molecular weight is 206 g/mol. The van der Waals surface area contributed by atoms with Gasteiger partial charge in [0.1, 0.15) is 5.82 Å². The van der Waals surface area contributed by atoms with E-state index in [1.807, 2.05) is 20.0 Å². The quantitative estimate of drug-likeness (QED) is 0.760. The molecule has 0 amide bonds. The van der Waals surface area contributed by atoms with Crippen LogP contribution in [0.2, 0.25) is 0 Å². The summed E-state index contributed by atoms with van der Waals surface area (Å²) in [5.41, 5.74) is 0.698. The van der Waals surface area contributed by atoms with Crippen LogP contribution in [0.1, 0.15) is 25.3 Å². The van der Waals surface area contributed by atoms with Crippen LogP contribution in [0.3, 0.4) is 0 Å². The van der Waals surface area contributed by atoms with Crippen molar-refractivity contribution in [1.82, 2.24) is 4.98 Å². The fourth-order valence-electron chi connectivity index (χ4n) is 1.86. The van der Waals surface area contributed by atoms with E-state index in [2.05, 4.69) is 22.0 Å². The van der Waals surface area contributed by atoms with Gasteiger partial charge in [-0.25, -0.2) is 4.98 Å². The first-order chi connectivity index (χ1) is 7.07. The smallest absolute Gasteiger partial charge is 0.128 e. The van der Waals surface area contributed by atoms with E-state index in [1.54, 1.807) is 0 Å². The predicted molar refractivity (Wildman–Crippen MR) is 61.0 cm³/mol. The van der Waals surface area contributed by atoms with Crippen LogP contribution in [0, 0.1) is 6.92 Å². The van der Waals surface area contributed by atoms with E-state index in [0.717, 1.165) is 31.7 Å². The highest BCUT2D eigenvalue weighted by Crippen LogP contribution is 2.24. The number of hydrogen-bond acceptors (Lipinski definition) is 3. The van der Waals surface area contributed by atoms with Crippen LogP contribution >= 0.6 is 0 Å². The lowest BCUT2D eigenvalue weighted by Gasteiger charge is -2.36. The van der Waals surface area contributed by atoms with Crippen molar-refractivity contribution in [2.75, 3.05) is 18.0 Å². The molecule has 0 aliphatic carbocycles. The maximum atomic E-state index is 9.84.